The molecule has 3 unspecified atom stereocenters. The molecule has 0 amide bonds. The molecule has 78 valence electrons. The quantitative estimate of drug-likeness (QED) is 0.672. The second-order valence-corrected chi connectivity index (χ2v) is 4.50. The third-order valence-electron chi connectivity index (χ3n) is 3.14. The number of nitrogens with two attached hydrogens (primary N) is 1. The highest BCUT2D eigenvalue weighted by Gasteiger charge is 2.29. The molecule has 13 heavy (non-hydrogen) atoms. The molecule has 0 radical (unpaired) electrons. The van der Waals surface area contributed by atoms with Crippen molar-refractivity contribution in [3.63, 3.8) is 0 Å². The molecule has 3 atom stereocenters. The van der Waals surface area contributed by atoms with Crippen molar-refractivity contribution in [3.8, 4) is 0 Å². The van der Waals surface area contributed by atoms with Crippen LogP contribution in [0, 0.1) is 5.92 Å². The summed E-state index contributed by atoms with van der Waals surface area (Å²) >= 11 is 0. The number of rotatable bonds is 3. The second-order valence-electron chi connectivity index (χ2n) is 4.50. The molecular weight excluding hydrogens is 164 g/mol. The van der Waals surface area contributed by atoms with Crippen molar-refractivity contribution in [2.45, 2.75) is 45.4 Å². The molecule has 0 aromatic heterocycles. The zero-order valence-electron chi connectivity index (χ0n) is 8.90. The van der Waals surface area contributed by atoms with E-state index >= 15 is 0 Å². The summed E-state index contributed by atoms with van der Waals surface area (Å²) < 4.78 is 0. The Morgan fingerprint density at radius 3 is 2.54 bits per heavy atom. The van der Waals surface area contributed by atoms with Gasteiger partial charge in [-0.2, -0.15) is 0 Å². The molecule has 0 aromatic rings. The molecule has 1 aliphatic rings. The lowest BCUT2D eigenvalue weighted by Crippen LogP contribution is -2.41. The number of hydrogen-bond donors (Lipinski definition) is 2. The van der Waals surface area contributed by atoms with Gasteiger partial charge in [0.25, 0.3) is 0 Å². The van der Waals surface area contributed by atoms with Crippen molar-refractivity contribution in [2.75, 3.05) is 13.1 Å². The topological polar surface area (TPSA) is 49.5 Å². The maximum absolute atomic E-state index is 9.71. The fraction of sp³-hybridized carbons (Fsp3) is 1.00. The highest BCUT2D eigenvalue weighted by atomic mass is 16.3. The van der Waals surface area contributed by atoms with Crippen molar-refractivity contribution in [1.29, 1.82) is 0 Å². The summed E-state index contributed by atoms with van der Waals surface area (Å²) in [4.78, 5) is 2.29. The normalized spacial score (nSPS) is 32.8. The lowest BCUT2D eigenvalue weighted by Gasteiger charge is -2.27. The Bertz CT molecular complexity index is 161. The summed E-state index contributed by atoms with van der Waals surface area (Å²) in [5.74, 6) is 0.337. The van der Waals surface area contributed by atoms with Crippen molar-refractivity contribution in [1.82, 2.24) is 4.90 Å². The van der Waals surface area contributed by atoms with Crippen LogP contribution in [0.3, 0.4) is 0 Å². The van der Waals surface area contributed by atoms with Crippen LogP contribution in [-0.2, 0) is 0 Å². The minimum atomic E-state index is -0.215. The van der Waals surface area contributed by atoms with Gasteiger partial charge in [0, 0.05) is 25.2 Å². The third-order valence-corrected chi connectivity index (χ3v) is 3.14. The van der Waals surface area contributed by atoms with Crippen LogP contribution in [0.1, 0.15) is 27.2 Å². The van der Waals surface area contributed by atoms with E-state index in [4.69, 9.17) is 5.73 Å². The Kier molecular flexibility index (Phi) is 3.71. The molecule has 1 rings (SSSR count). The summed E-state index contributed by atoms with van der Waals surface area (Å²) in [6.07, 6.45) is 0.846. The van der Waals surface area contributed by atoms with Gasteiger partial charge < -0.3 is 10.8 Å². The molecule has 3 heteroatoms. The van der Waals surface area contributed by atoms with Crippen molar-refractivity contribution >= 4 is 0 Å². The molecule has 0 spiro atoms. The van der Waals surface area contributed by atoms with Crippen LogP contribution in [0.15, 0.2) is 0 Å². The number of nitrogens with zero attached hydrogens (tertiary/aromatic N) is 1. The monoisotopic (exact) mass is 186 g/mol. The fourth-order valence-corrected chi connectivity index (χ4v) is 1.74. The lowest BCUT2D eigenvalue weighted by atomic mass is 10.1. The summed E-state index contributed by atoms with van der Waals surface area (Å²) in [7, 11) is 0. The fourth-order valence-electron chi connectivity index (χ4n) is 1.74. The summed E-state index contributed by atoms with van der Waals surface area (Å²) in [5, 5.41) is 9.71. The molecule has 0 bridgehead atoms. The van der Waals surface area contributed by atoms with Gasteiger partial charge in [0.05, 0.1) is 6.10 Å². The Balaban J connectivity index is 2.37. The van der Waals surface area contributed by atoms with Crippen molar-refractivity contribution in [2.24, 2.45) is 11.7 Å². The van der Waals surface area contributed by atoms with Gasteiger partial charge in [-0.15, -0.1) is 0 Å². The summed E-state index contributed by atoms with van der Waals surface area (Å²) in [6, 6.07) is 0.716. The Labute approximate surface area is 80.9 Å². The van der Waals surface area contributed by atoms with E-state index in [0.717, 1.165) is 19.5 Å². The van der Waals surface area contributed by atoms with E-state index in [1.165, 1.54) is 0 Å². The molecule has 1 aliphatic heterocycles. The Morgan fingerprint density at radius 1 is 1.54 bits per heavy atom. The van der Waals surface area contributed by atoms with E-state index < -0.39 is 0 Å². The van der Waals surface area contributed by atoms with E-state index in [1.54, 1.807) is 0 Å². The van der Waals surface area contributed by atoms with Gasteiger partial charge in [-0.3, -0.25) is 4.90 Å². The SMILES string of the molecule is CC(C)C(O)CN1CCC(N)C1C. The molecule has 1 heterocycles. The highest BCUT2D eigenvalue weighted by Crippen LogP contribution is 2.17. The van der Waals surface area contributed by atoms with E-state index in [0.29, 0.717) is 18.0 Å². The maximum Gasteiger partial charge on any atom is 0.0690 e. The van der Waals surface area contributed by atoms with Gasteiger partial charge in [0.1, 0.15) is 0 Å². The standard InChI is InChI=1S/C10H22N2O/c1-7(2)10(13)6-12-5-4-9(11)8(12)3/h7-10,13H,4-6,11H2,1-3H3. The zero-order chi connectivity index (χ0) is 10.0. The number of aliphatic hydroxyl groups is 1. The molecule has 3 N–H and O–H groups in total. The largest absolute Gasteiger partial charge is 0.392 e. The van der Waals surface area contributed by atoms with Crippen LogP contribution in [0.4, 0.5) is 0 Å². The maximum atomic E-state index is 9.71. The molecule has 1 fully saturated rings. The summed E-state index contributed by atoms with van der Waals surface area (Å²) in [6.45, 7) is 8.04. The summed E-state index contributed by atoms with van der Waals surface area (Å²) in [5.41, 5.74) is 5.90. The molecule has 0 aliphatic carbocycles. The van der Waals surface area contributed by atoms with Crippen molar-refractivity contribution < 1.29 is 5.11 Å². The van der Waals surface area contributed by atoms with E-state index in [-0.39, 0.29) is 6.10 Å². The number of aliphatic hydroxyl groups excluding tert-OH is 1. The van der Waals surface area contributed by atoms with Gasteiger partial charge >= 0.3 is 0 Å². The second kappa shape index (κ2) is 4.40. The van der Waals surface area contributed by atoms with E-state index in [9.17, 15) is 5.11 Å². The number of β-amino-alcohol motifs (C(OH)–C–C–N with tert-alkyl or cyclic N) is 1. The van der Waals surface area contributed by atoms with Gasteiger partial charge in [-0.25, -0.2) is 0 Å². The zero-order valence-corrected chi connectivity index (χ0v) is 8.90. The Hall–Kier alpha value is -0.120. The van der Waals surface area contributed by atoms with Gasteiger partial charge in [0.2, 0.25) is 0 Å². The number of hydrogen-bond acceptors (Lipinski definition) is 3. The molecule has 1 saturated heterocycles. The van der Waals surface area contributed by atoms with Crippen LogP contribution >= 0.6 is 0 Å². The van der Waals surface area contributed by atoms with Gasteiger partial charge in [0.15, 0.2) is 0 Å². The first-order chi connectivity index (χ1) is 6.02. The van der Waals surface area contributed by atoms with E-state index in [1.807, 2.05) is 13.8 Å². The van der Waals surface area contributed by atoms with Crippen LogP contribution in [0.5, 0.6) is 0 Å². The predicted octanol–water partition coefficient (Wildman–Crippen LogP) is 0.425. The first kappa shape index (κ1) is 11.0. The number of likely N-dealkylation sites (tertiary alicyclic amines) is 1. The molecular formula is C10H22N2O. The average Bonchev–Trinajstić information content (AvgIpc) is 2.36. The average molecular weight is 186 g/mol. The third kappa shape index (κ3) is 2.66. The predicted molar refractivity (Wildman–Crippen MR) is 54.5 cm³/mol. The molecule has 0 saturated carbocycles. The van der Waals surface area contributed by atoms with Crippen LogP contribution in [0.25, 0.3) is 0 Å². The minimum absolute atomic E-state index is 0.215. The smallest absolute Gasteiger partial charge is 0.0690 e. The van der Waals surface area contributed by atoms with Gasteiger partial charge in [-0.05, 0) is 19.3 Å². The van der Waals surface area contributed by atoms with Crippen molar-refractivity contribution in [3.05, 3.63) is 0 Å². The first-order valence-corrected chi connectivity index (χ1v) is 5.20. The minimum Gasteiger partial charge on any atom is -0.392 e. The van der Waals surface area contributed by atoms with Gasteiger partial charge in [-0.1, -0.05) is 13.8 Å². The first-order valence-electron chi connectivity index (χ1n) is 5.20. The van der Waals surface area contributed by atoms with Crippen LogP contribution in [-0.4, -0.2) is 41.3 Å². The Morgan fingerprint density at radius 2 is 2.15 bits per heavy atom. The van der Waals surface area contributed by atoms with E-state index in [2.05, 4.69) is 11.8 Å². The van der Waals surface area contributed by atoms with Crippen LogP contribution < -0.4 is 5.73 Å². The molecule has 3 nitrogen and oxygen atoms in total. The highest BCUT2D eigenvalue weighted by molar-refractivity contribution is 4.87. The molecule has 0 aromatic carbocycles. The lowest BCUT2D eigenvalue weighted by molar-refractivity contribution is 0.0728. The van der Waals surface area contributed by atoms with Crippen LogP contribution in [0.2, 0.25) is 0 Å².